The SMILES string of the molecule is C1CCNC1.C1COCCN1.CC. The minimum absolute atomic E-state index is 0.889. The lowest BCUT2D eigenvalue weighted by Crippen LogP contribution is -2.30. The molecule has 2 aliphatic heterocycles. The number of hydrogen-bond donors (Lipinski definition) is 2. The first-order valence-electron chi connectivity index (χ1n) is 5.49. The Bertz CT molecular complexity index is 61.9. The Hall–Kier alpha value is -0.120. The Kier molecular flexibility index (Phi) is 11.8. The van der Waals surface area contributed by atoms with E-state index in [0.717, 1.165) is 26.3 Å². The predicted octanol–water partition coefficient (Wildman–Crippen LogP) is 1.00. The Labute approximate surface area is 82.2 Å². The van der Waals surface area contributed by atoms with Crippen LogP contribution in [0.4, 0.5) is 0 Å². The van der Waals surface area contributed by atoms with Gasteiger partial charge in [-0.2, -0.15) is 0 Å². The molecule has 0 amide bonds. The Balaban J connectivity index is 0.000000189. The van der Waals surface area contributed by atoms with Crippen LogP contribution in [0.1, 0.15) is 26.7 Å². The number of morpholine rings is 1. The molecule has 2 saturated heterocycles. The highest BCUT2D eigenvalue weighted by Gasteiger charge is 1.93. The molecular weight excluding hydrogens is 164 g/mol. The largest absolute Gasteiger partial charge is 0.379 e. The molecule has 2 aliphatic rings. The zero-order valence-electron chi connectivity index (χ0n) is 9.07. The third-order valence-electron chi connectivity index (χ3n) is 1.80. The van der Waals surface area contributed by atoms with Crippen molar-refractivity contribution in [2.24, 2.45) is 0 Å². The molecule has 2 fully saturated rings. The van der Waals surface area contributed by atoms with Crippen LogP contribution in [0.5, 0.6) is 0 Å². The van der Waals surface area contributed by atoms with Crippen molar-refractivity contribution in [3.63, 3.8) is 0 Å². The number of hydrogen-bond acceptors (Lipinski definition) is 3. The molecule has 3 heteroatoms. The molecule has 3 nitrogen and oxygen atoms in total. The fraction of sp³-hybridized carbons (Fsp3) is 1.00. The normalized spacial score (nSPS) is 20.8. The zero-order chi connectivity index (χ0) is 9.78. The smallest absolute Gasteiger partial charge is 0.0591 e. The third-order valence-corrected chi connectivity index (χ3v) is 1.80. The molecule has 0 unspecified atom stereocenters. The maximum Gasteiger partial charge on any atom is 0.0591 e. The molecule has 0 spiro atoms. The maximum atomic E-state index is 5.01. The molecular formula is C10H24N2O. The highest BCUT2D eigenvalue weighted by Crippen LogP contribution is 1.90. The van der Waals surface area contributed by atoms with Crippen LogP contribution in [0.2, 0.25) is 0 Å². The van der Waals surface area contributed by atoms with Gasteiger partial charge in [-0.3, -0.25) is 0 Å². The molecule has 2 N–H and O–H groups in total. The van der Waals surface area contributed by atoms with E-state index >= 15 is 0 Å². The summed E-state index contributed by atoms with van der Waals surface area (Å²) in [4.78, 5) is 0. The van der Waals surface area contributed by atoms with Crippen LogP contribution in [-0.4, -0.2) is 39.4 Å². The summed E-state index contributed by atoms with van der Waals surface area (Å²) in [6.45, 7) is 10.3. The topological polar surface area (TPSA) is 33.3 Å². The first kappa shape index (κ1) is 12.9. The Morgan fingerprint density at radius 2 is 1.23 bits per heavy atom. The summed E-state index contributed by atoms with van der Waals surface area (Å²) in [7, 11) is 0. The van der Waals surface area contributed by atoms with E-state index < -0.39 is 0 Å². The minimum atomic E-state index is 0.889. The van der Waals surface area contributed by atoms with Crippen LogP contribution in [0.3, 0.4) is 0 Å². The van der Waals surface area contributed by atoms with E-state index in [1.807, 2.05) is 13.8 Å². The average molecular weight is 188 g/mol. The van der Waals surface area contributed by atoms with E-state index in [4.69, 9.17) is 4.74 Å². The molecule has 0 aromatic rings. The molecule has 0 saturated carbocycles. The lowest BCUT2D eigenvalue weighted by Gasteiger charge is -2.10. The third kappa shape index (κ3) is 9.80. The van der Waals surface area contributed by atoms with Gasteiger partial charge >= 0.3 is 0 Å². The molecule has 0 atom stereocenters. The first-order chi connectivity index (χ1) is 6.50. The standard InChI is InChI=1S/C4H9NO.C4H9N.C2H6/c1-3-6-4-2-5-1;1-2-4-5-3-1;1-2/h5H,1-4H2;5H,1-4H2;1-2H3. The van der Waals surface area contributed by atoms with Crippen LogP contribution in [0.15, 0.2) is 0 Å². The van der Waals surface area contributed by atoms with Gasteiger partial charge in [-0.05, 0) is 25.9 Å². The van der Waals surface area contributed by atoms with Crippen molar-refractivity contribution in [2.75, 3.05) is 39.4 Å². The van der Waals surface area contributed by atoms with Crippen LogP contribution < -0.4 is 10.6 Å². The monoisotopic (exact) mass is 188 g/mol. The van der Waals surface area contributed by atoms with Crippen LogP contribution in [0, 0.1) is 0 Å². The van der Waals surface area contributed by atoms with Gasteiger partial charge in [0.2, 0.25) is 0 Å². The van der Waals surface area contributed by atoms with Crippen LogP contribution >= 0.6 is 0 Å². The minimum Gasteiger partial charge on any atom is -0.379 e. The van der Waals surface area contributed by atoms with Gasteiger partial charge in [0.05, 0.1) is 13.2 Å². The van der Waals surface area contributed by atoms with Gasteiger partial charge in [-0.1, -0.05) is 13.8 Å². The van der Waals surface area contributed by atoms with Crippen molar-refractivity contribution < 1.29 is 4.74 Å². The van der Waals surface area contributed by atoms with E-state index in [-0.39, 0.29) is 0 Å². The van der Waals surface area contributed by atoms with Crippen LogP contribution in [0.25, 0.3) is 0 Å². The molecule has 0 aromatic heterocycles. The summed E-state index contributed by atoms with van der Waals surface area (Å²) in [5.41, 5.74) is 0. The van der Waals surface area contributed by atoms with Crippen molar-refractivity contribution in [3.8, 4) is 0 Å². The second kappa shape index (κ2) is 11.9. The molecule has 0 bridgehead atoms. The van der Waals surface area contributed by atoms with Crippen molar-refractivity contribution >= 4 is 0 Å². The summed E-state index contributed by atoms with van der Waals surface area (Å²) >= 11 is 0. The van der Waals surface area contributed by atoms with Gasteiger partial charge in [-0.15, -0.1) is 0 Å². The van der Waals surface area contributed by atoms with Gasteiger partial charge in [0.15, 0.2) is 0 Å². The van der Waals surface area contributed by atoms with Gasteiger partial charge < -0.3 is 15.4 Å². The quantitative estimate of drug-likeness (QED) is 0.595. The predicted molar refractivity (Wildman–Crippen MR) is 57.1 cm³/mol. The molecule has 80 valence electrons. The fourth-order valence-electron chi connectivity index (χ4n) is 1.14. The van der Waals surface area contributed by atoms with Gasteiger partial charge in [0.1, 0.15) is 0 Å². The Morgan fingerprint density at radius 3 is 1.38 bits per heavy atom. The average Bonchev–Trinajstić information content (AvgIpc) is 2.82. The van der Waals surface area contributed by atoms with E-state index in [2.05, 4.69) is 10.6 Å². The van der Waals surface area contributed by atoms with Crippen molar-refractivity contribution in [2.45, 2.75) is 26.7 Å². The van der Waals surface area contributed by atoms with Crippen LogP contribution in [-0.2, 0) is 4.74 Å². The highest BCUT2D eigenvalue weighted by molar-refractivity contribution is 4.55. The van der Waals surface area contributed by atoms with E-state index in [9.17, 15) is 0 Å². The van der Waals surface area contributed by atoms with Crippen molar-refractivity contribution in [1.82, 2.24) is 10.6 Å². The van der Waals surface area contributed by atoms with E-state index in [1.54, 1.807) is 0 Å². The number of ether oxygens (including phenoxy) is 1. The zero-order valence-corrected chi connectivity index (χ0v) is 9.07. The molecule has 0 aliphatic carbocycles. The first-order valence-corrected chi connectivity index (χ1v) is 5.49. The van der Waals surface area contributed by atoms with Gasteiger partial charge in [-0.25, -0.2) is 0 Å². The van der Waals surface area contributed by atoms with Gasteiger partial charge in [0, 0.05) is 13.1 Å². The maximum absolute atomic E-state index is 5.01. The van der Waals surface area contributed by atoms with Gasteiger partial charge in [0.25, 0.3) is 0 Å². The fourth-order valence-corrected chi connectivity index (χ4v) is 1.14. The molecule has 0 aromatic carbocycles. The number of rotatable bonds is 0. The van der Waals surface area contributed by atoms with E-state index in [1.165, 1.54) is 25.9 Å². The molecule has 13 heavy (non-hydrogen) atoms. The second-order valence-electron chi connectivity index (χ2n) is 2.82. The summed E-state index contributed by atoms with van der Waals surface area (Å²) in [5, 5.41) is 6.38. The number of nitrogens with one attached hydrogen (secondary N) is 2. The van der Waals surface area contributed by atoms with Crippen molar-refractivity contribution in [3.05, 3.63) is 0 Å². The molecule has 2 heterocycles. The Morgan fingerprint density at radius 1 is 0.769 bits per heavy atom. The molecule has 0 radical (unpaired) electrons. The summed E-state index contributed by atoms with van der Waals surface area (Å²) in [6, 6.07) is 0. The summed E-state index contributed by atoms with van der Waals surface area (Å²) in [5.74, 6) is 0. The summed E-state index contributed by atoms with van der Waals surface area (Å²) in [6.07, 6.45) is 2.78. The summed E-state index contributed by atoms with van der Waals surface area (Å²) < 4.78 is 5.01. The highest BCUT2D eigenvalue weighted by atomic mass is 16.5. The lowest BCUT2D eigenvalue weighted by atomic mass is 10.4. The van der Waals surface area contributed by atoms with E-state index in [0.29, 0.717) is 0 Å². The lowest BCUT2D eigenvalue weighted by molar-refractivity contribution is 0.109. The molecule has 2 rings (SSSR count). The second-order valence-corrected chi connectivity index (χ2v) is 2.82. The van der Waals surface area contributed by atoms with Crippen molar-refractivity contribution in [1.29, 1.82) is 0 Å².